The average molecular weight is 580 g/mol. The number of hydrogen-bond acceptors (Lipinski definition) is 6. The van der Waals surface area contributed by atoms with E-state index in [4.69, 9.17) is 21.1 Å². The number of likely N-dealkylation sites (N-methyl/N-ethyl adjacent to an activating group) is 1. The summed E-state index contributed by atoms with van der Waals surface area (Å²) in [6.45, 7) is 6.25. The molecule has 0 aliphatic heterocycles. The van der Waals surface area contributed by atoms with Crippen molar-refractivity contribution in [2.45, 2.75) is 20.0 Å². The van der Waals surface area contributed by atoms with E-state index < -0.39 is 22.8 Å². The minimum absolute atomic E-state index is 0.0116. The van der Waals surface area contributed by atoms with Crippen LogP contribution in [0.1, 0.15) is 29.9 Å². The lowest BCUT2D eigenvalue weighted by atomic mass is 10.1. The third-order valence-electron chi connectivity index (χ3n) is 5.72. The van der Waals surface area contributed by atoms with Crippen LogP contribution >= 0.6 is 11.6 Å². The third-order valence-corrected chi connectivity index (χ3v) is 6.03. The summed E-state index contributed by atoms with van der Waals surface area (Å²) in [5.41, 5.74) is -0.752. The van der Waals surface area contributed by atoms with Crippen LogP contribution in [0.5, 0.6) is 17.2 Å². The number of halogens is 4. The molecule has 40 heavy (non-hydrogen) atoms. The predicted molar refractivity (Wildman–Crippen MR) is 147 cm³/mol. The number of ether oxygens (including phenoxy) is 2. The zero-order valence-electron chi connectivity index (χ0n) is 22.1. The number of urea groups is 1. The molecular weight excluding hydrogens is 551 g/mol. The van der Waals surface area contributed by atoms with Gasteiger partial charge in [-0.2, -0.15) is 13.2 Å². The number of benzene rings is 2. The van der Waals surface area contributed by atoms with Gasteiger partial charge >= 0.3 is 12.2 Å². The summed E-state index contributed by atoms with van der Waals surface area (Å²) in [5.74, 6) is 0.439. The van der Waals surface area contributed by atoms with Crippen molar-refractivity contribution in [1.82, 2.24) is 15.2 Å². The number of carbonyl (C=O) groups excluding carboxylic acids is 2. The lowest BCUT2D eigenvalue weighted by molar-refractivity contribution is -0.137. The number of pyridine rings is 1. The second-order valence-corrected chi connectivity index (χ2v) is 8.77. The zero-order valence-corrected chi connectivity index (χ0v) is 22.8. The molecule has 0 saturated carbocycles. The van der Waals surface area contributed by atoms with Gasteiger partial charge in [0.1, 0.15) is 29.5 Å². The molecule has 2 aromatic carbocycles. The standard InChI is InChI=1S/C27H29ClF3N5O4/c1-4-36(5-2)12-13-39-24-16-21(28)20(27(29,30)31)15-22(24)35-26(38)34-17-6-8-18(9-7-17)40-19-10-11-33-23(14-19)25(37)32-3/h6-11,14-16H,4-5,12-13H2,1-3H3,(H,32,37)(H2,34,35,38). The molecule has 0 bridgehead atoms. The van der Waals surface area contributed by atoms with Crippen LogP contribution in [0.3, 0.4) is 0 Å². The fourth-order valence-electron chi connectivity index (χ4n) is 3.57. The van der Waals surface area contributed by atoms with Gasteiger partial charge in [-0.15, -0.1) is 0 Å². The summed E-state index contributed by atoms with van der Waals surface area (Å²) in [6, 6.07) is 10.3. The van der Waals surface area contributed by atoms with E-state index in [0.717, 1.165) is 25.2 Å². The fraction of sp³-hybridized carbons (Fsp3) is 0.296. The summed E-state index contributed by atoms with van der Waals surface area (Å²) < 4.78 is 51.8. The van der Waals surface area contributed by atoms with Crippen LogP contribution in [0.4, 0.5) is 29.3 Å². The van der Waals surface area contributed by atoms with E-state index in [2.05, 4.69) is 25.8 Å². The average Bonchev–Trinajstić information content (AvgIpc) is 2.92. The Balaban J connectivity index is 1.70. The van der Waals surface area contributed by atoms with E-state index >= 15 is 0 Å². The summed E-state index contributed by atoms with van der Waals surface area (Å²) >= 11 is 5.88. The van der Waals surface area contributed by atoms with E-state index in [0.29, 0.717) is 23.7 Å². The normalized spacial score (nSPS) is 11.2. The van der Waals surface area contributed by atoms with Gasteiger partial charge in [-0.25, -0.2) is 4.79 Å². The van der Waals surface area contributed by atoms with E-state index in [9.17, 15) is 22.8 Å². The Bertz CT molecular complexity index is 1320. The molecule has 0 aliphatic carbocycles. The summed E-state index contributed by atoms with van der Waals surface area (Å²) in [4.78, 5) is 30.5. The van der Waals surface area contributed by atoms with Gasteiger partial charge in [0.25, 0.3) is 5.91 Å². The number of rotatable bonds is 11. The molecule has 0 fully saturated rings. The topological polar surface area (TPSA) is 105 Å². The second-order valence-electron chi connectivity index (χ2n) is 8.36. The molecule has 0 saturated heterocycles. The highest BCUT2D eigenvalue weighted by Gasteiger charge is 2.34. The molecule has 3 N–H and O–H groups in total. The summed E-state index contributed by atoms with van der Waals surface area (Å²) in [6.07, 6.45) is -3.29. The van der Waals surface area contributed by atoms with E-state index in [1.165, 1.54) is 19.3 Å². The third kappa shape index (κ3) is 8.48. The Morgan fingerprint density at radius 1 is 1.00 bits per heavy atom. The minimum Gasteiger partial charge on any atom is -0.490 e. The Hall–Kier alpha value is -4.03. The van der Waals surface area contributed by atoms with Crippen molar-refractivity contribution in [3.05, 3.63) is 71.0 Å². The Morgan fingerprint density at radius 3 is 2.33 bits per heavy atom. The lowest BCUT2D eigenvalue weighted by Gasteiger charge is -2.20. The highest BCUT2D eigenvalue weighted by molar-refractivity contribution is 6.31. The van der Waals surface area contributed by atoms with Crippen LogP contribution in [-0.2, 0) is 6.18 Å². The number of anilines is 2. The molecule has 0 aliphatic rings. The minimum atomic E-state index is -4.73. The largest absolute Gasteiger partial charge is 0.490 e. The van der Waals surface area contributed by atoms with Crippen LogP contribution in [0, 0.1) is 0 Å². The van der Waals surface area contributed by atoms with Gasteiger partial charge in [0.2, 0.25) is 0 Å². The van der Waals surface area contributed by atoms with Gasteiger partial charge in [-0.1, -0.05) is 25.4 Å². The van der Waals surface area contributed by atoms with Crippen molar-refractivity contribution < 1.29 is 32.2 Å². The van der Waals surface area contributed by atoms with E-state index in [1.54, 1.807) is 30.3 Å². The maximum Gasteiger partial charge on any atom is 0.417 e. The van der Waals surface area contributed by atoms with Crippen molar-refractivity contribution in [1.29, 1.82) is 0 Å². The number of aromatic nitrogens is 1. The van der Waals surface area contributed by atoms with Crippen molar-refractivity contribution in [3.63, 3.8) is 0 Å². The zero-order chi connectivity index (χ0) is 29.3. The van der Waals surface area contributed by atoms with Crippen molar-refractivity contribution in [2.24, 2.45) is 0 Å². The number of nitrogens with zero attached hydrogens (tertiary/aromatic N) is 2. The van der Waals surface area contributed by atoms with Crippen LogP contribution < -0.4 is 25.4 Å². The maximum atomic E-state index is 13.5. The molecule has 214 valence electrons. The molecule has 0 radical (unpaired) electrons. The first-order valence-electron chi connectivity index (χ1n) is 12.3. The predicted octanol–water partition coefficient (Wildman–Crippen LogP) is 6.27. The summed E-state index contributed by atoms with van der Waals surface area (Å²) in [5, 5.41) is 6.91. The Morgan fingerprint density at radius 2 is 1.70 bits per heavy atom. The molecule has 0 atom stereocenters. The highest BCUT2D eigenvalue weighted by Crippen LogP contribution is 2.40. The molecule has 13 heteroatoms. The quantitative estimate of drug-likeness (QED) is 0.247. The van der Waals surface area contributed by atoms with Gasteiger partial charge in [0, 0.05) is 37.6 Å². The highest BCUT2D eigenvalue weighted by atomic mass is 35.5. The summed E-state index contributed by atoms with van der Waals surface area (Å²) in [7, 11) is 1.49. The van der Waals surface area contributed by atoms with E-state index in [1.807, 2.05) is 13.8 Å². The molecule has 3 rings (SSSR count). The van der Waals surface area contributed by atoms with E-state index in [-0.39, 0.29) is 29.6 Å². The maximum absolute atomic E-state index is 13.5. The lowest BCUT2D eigenvalue weighted by Crippen LogP contribution is -2.28. The van der Waals surface area contributed by atoms with Crippen molar-refractivity contribution >= 4 is 34.9 Å². The number of alkyl halides is 3. The van der Waals surface area contributed by atoms with Crippen molar-refractivity contribution in [2.75, 3.05) is 43.9 Å². The Labute approximate surface area is 234 Å². The van der Waals surface area contributed by atoms with Crippen LogP contribution in [-0.4, -0.2) is 55.1 Å². The molecule has 0 spiro atoms. The van der Waals surface area contributed by atoms with Gasteiger partial charge in [0.15, 0.2) is 0 Å². The first-order chi connectivity index (χ1) is 19.0. The van der Waals surface area contributed by atoms with Gasteiger partial charge in [0.05, 0.1) is 16.3 Å². The van der Waals surface area contributed by atoms with Gasteiger partial charge in [-0.3, -0.25) is 9.78 Å². The molecule has 1 heterocycles. The van der Waals surface area contributed by atoms with Crippen LogP contribution in [0.25, 0.3) is 0 Å². The molecular formula is C27H29ClF3N5O4. The van der Waals surface area contributed by atoms with Gasteiger partial charge < -0.3 is 30.3 Å². The SMILES string of the molecule is CCN(CC)CCOc1cc(Cl)c(C(F)(F)F)cc1NC(=O)Nc1ccc(Oc2ccnc(C(=O)NC)c2)cc1. The number of carbonyl (C=O) groups is 2. The van der Waals surface area contributed by atoms with Gasteiger partial charge in [-0.05, 0) is 49.5 Å². The monoisotopic (exact) mass is 579 g/mol. The molecule has 3 amide bonds. The number of amides is 3. The fourth-order valence-corrected chi connectivity index (χ4v) is 3.83. The first kappa shape index (κ1) is 30.5. The molecule has 3 aromatic rings. The second kappa shape index (κ2) is 13.9. The smallest absolute Gasteiger partial charge is 0.417 e. The van der Waals surface area contributed by atoms with Crippen LogP contribution in [0.15, 0.2) is 54.7 Å². The molecule has 0 unspecified atom stereocenters. The first-order valence-corrected chi connectivity index (χ1v) is 12.7. The molecule has 1 aromatic heterocycles. The number of nitrogens with one attached hydrogen (secondary N) is 3. The number of hydrogen-bond donors (Lipinski definition) is 3. The van der Waals surface area contributed by atoms with Crippen molar-refractivity contribution in [3.8, 4) is 17.2 Å². The van der Waals surface area contributed by atoms with Crippen LogP contribution in [0.2, 0.25) is 5.02 Å². The molecule has 9 nitrogen and oxygen atoms in total. The Kier molecular flexibility index (Phi) is 10.6.